The van der Waals surface area contributed by atoms with E-state index in [-0.39, 0.29) is 12.0 Å². The fourth-order valence-corrected chi connectivity index (χ4v) is 2.96. The van der Waals surface area contributed by atoms with Gasteiger partial charge in [-0.05, 0) is 51.7 Å². The second-order valence-corrected chi connectivity index (χ2v) is 7.72. The Labute approximate surface area is 150 Å². The van der Waals surface area contributed by atoms with Crippen LogP contribution in [0.5, 0.6) is 0 Å². The summed E-state index contributed by atoms with van der Waals surface area (Å²) < 4.78 is 10.9. The molecular weight excluding hydrogens is 320 g/mol. The number of furan rings is 1. The molecule has 1 fully saturated rings. The number of rotatable bonds is 4. The van der Waals surface area contributed by atoms with Gasteiger partial charge in [-0.1, -0.05) is 6.92 Å². The molecule has 2 amide bonds. The SMILES string of the molecule is CCc1ccc(C(=O)N2CCC(CN(C)C(=O)OC(C)(C)C)CC2)o1. The molecule has 6 heteroatoms. The molecule has 2 heterocycles. The van der Waals surface area contributed by atoms with Gasteiger partial charge in [0.15, 0.2) is 5.76 Å². The summed E-state index contributed by atoms with van der Waals surface area (Å²) in [5.74, 6) is 1.58. The number of ether oxygens (including phenoxy) is 1. The van der Waals surface area contributed by atoms with Gasteiger partial charge in [0.1, 0.15) is 11.4 Å². The second kappa shape index (κ2) is 7.93. The van der Waals surface area contributed by atoms with Gasteiger partial charge in [0.05, 0.1) is 0 Å². The van der Waals surface area contributed by atoms with Crippen molar-refractivity contribution in [3.8, 4) is 0 Å². The molecule has 1 aliphatic rings. The minimum absolute atomic E-state index is 0.0429. The van der Waals surface area contributed by atoms with Gasteiger partial charge in [0.25, 0.3) is 5.91 Å². The molecule has 0 aromatic carbocycles. The third-order valence-corrected chi connectivity index (χ3v) is 4.36. The summed E-state index contributed by atoms with van der Waals surface area (Å²) in [7, 11) is 1.76. The molecular formula is C19H30N2O4. The van der Waals surface area contributed by atoms with E-state index in [0.29, 0.717) is 31.3 Å². The summed E-state index contributed by atoms with van der Waals surface area (Å²) in [5, 5.41) is 0. The lowest BCUT2D eigenvalue weighted by molar-refractivity contribution is 0.0245. The number of piperidine rings is 1. The highest BCUT2D eigenvalue weighted by Gasteiger charge is 2.28. The summed E-state index contributed by atoms with van der Waals surface area (Å²) in [4.78, 5) is 28.0. The monoisotopic (exact) mass is 350 g/mol. The quantitative estimate of drug-likeness (QED) is 0.833. The van der Waals surface area contributed by atoms with Crippen LogP contribution < -0.4 is 0 Å². The Morgan fingerprint density at radius 2 is 1.92 bits per heavy atom. The Bertz CT molecular complexity index is 595. The molecule has 1 aliphatic heterocycles. The second-order valence-electron chi connectivity index (χ2n) is 7.72. The van der Waals surface area contributed by atoms with E-state index < -0.39 is 5.60 Å². The van der Waals surface area contributed by atoms with Crippen molar-refractivity contribution < 1.29 is 18.7 Å². The lowest BCUT2D eigenvalue weighted by Gasteiger charge is -2.34. The normalized spacial score (nSPS) is 16.0. The van der Waals surface area contributed by atoms with Crippen LogP contribution >= 0.6 is 0 Å². The minimum Gasteiger partial charge on any atom is -0.456 e. The summed E-state index contributed by atoms with van der Waals surface area (Å²) in [5.41, 5.74) is -0.485. The van der Waals surface area contributed by atoms with Crippen molar-refractivity contribution in [2.45, 2.75) is 52.6 Å². The standard InChI is InChI=1S/C19H30N2O4/c1-6-15-7-8-16(24-15)17(22)21-11-9-14(10-12-21)13-20(5)18(23)25-19(2,3)4/h7-8,14H,6,9-13H2,1-5H3. The average molecular weight is 350 g/mol. The summed E-state index contributed by atoms with van der Waals surface area (Å²) in [6.07, 6.45) is 2.24. The number of amides is 2. The van der Waals surface area contributed by atoms with E-state index >= 15 is 0 Å². The molecule has 0 spiro atoms. The van der Waals surface area contributed by atoms with E-state index in [9.17, 15) is 9.59 Å². The van der Waals surface area contributed by atoms with Gasteiger partial charge < -0.3 is 19.0 Å². The molecule has 0 saturated carbocycles. The van der Waals surface area contributed by atoms with Crippen molar-refractivity contribution in [3.05, 3.63) is 23.7 Å². The average Bonchev–Trinajstić information content (AvgIpc) is 3.02. The van der Waals surface area contributed by atoms with Crippen molar-refractivity contribution >= 4 is 12.0 Å². The zero-order chi connectivity index (χ0) is 18.6. The number of likely N-dealkylation sites (tertiary alicyclic amines) is 1. The Morgan fingerprint density at radius 3 is 2.44 bits per heavy atom. The molecule has 2 rings (SSSR count). The Hall–Kier alpha value is -1.98. The van der Waals surface area contributed by atoms with Crippen LogP contribution in [0.2, 0.25) is 0 Å². The van der Waals surface area contributed by atoms with Gasteiger partial charge in [-0.2, -0.15) is 0 Å². The lowest BCUT2D eigenvalue weighted by atomic mass is 9.96. The van der Waals surface area contributed by atoms with Crippen LogP contribution in [0.3, 0.4) is 0 Å². The van der Waals surface area contributed by atoms with Crippen LogP contribution in [0.15, 0.2) is 16.5 Å². The minimum atomic E-state index is -0.485. The highest BCUT2D eigenvalue weighted by atomic mass is 16.6. The van der Waals surface area contributed by atoms with E-state index in [1.165, 1.54) is 0 Å². The highest BCUT2D eigenvalue weighted by molar-refractivity contribution is 5.91. The largest absolute Gasteiger partial charge is 0.456 e. The fourth-order valence-electron chi connectivity index (χ4n) is 2.96. The molecule has 1 aromatic rings. The smallest absolute Gasteiger partial charge is 0.410 e. The number of nitrogens with zero attached hydrogens (tertiary/aromatic N) is 2. The van der Waals surface area contributed by atoms with E-state index in [1.54, 1.807) is 18.0 Å². The zero-order valence-electron chi connectivity index (χ0n) is 16.0. The Morgan fingerprint density at radius 1 is 1.28 bits per heavy atom. The first kappa shape index (κ1) is 19.3. The highest BCUT2D eigenvalue weighted by Crippen LogP contribution is 2.21. The number of carbonyl (C=O) groups is 2. The fraction of sp³-hybridized carbons (Fsp3) is 0.684. The van der Waals surface area contributed by atoms with Crippen LogP contribution in [0.4, 0.5) is 4.79 Å². The van der Waals surface area contributed by atoms with Crippen molar-refractivity contribution in [1.82, 2.24) is 9.80 Å². The van der Waals surface area contributed by atoms with Crippen molar-refractivity contribution in [3.63, 3.8) is 0 Å². The van der Waals surface area contributed by atoms with Gasteiger partial charge in [-0.15, -0.1) is 0 Å². The van der Waals surface area contributed by atoms with E-state index in [2.05, 4.69) is 0 Å². The molecule has 0 bridgehead atoms. The molecule has 140 valence electrons. The molecule has 25 heavy (non-hydrogen) atoms. The van der Waals surface area contributed by atoms with E-state index in [0.717, 1.165) is 25.0 Å². The first-order chi connectivity index (χ1) is 11.7. The maximum Gasteiger partial charge on any atom is 0.410 e. The molecule has 1 saturated heterocycles. The van der Waals surface area contributed by atoms with E-state index in [1.807, 2.05) is 38.7 Å². The zero-order valence-corrected chi connectivity index (χ0v) is 16.0. The predicted octanol–water partition coefficient (Wildman–Crippen LogP) is 3.56. The van der Waals surface area contributed by atoms with Gasteiger partial charge in [-0.3, -0.25) is 4.79 Å². The molecule has 0 radical (unpaired) electrons. The summed E-state index contributed by atoms with van der Waals surface area (Å²) >= 11 is 0. The van der Waals surface area contributed by atoms with Crippen molar-refractivity contribution in [2.75, 3.05) is 26.7 Å². The number of hydrogen-bond acceptors (Lipinski definition) is 4. The third kappa shape index (κ3) is 5.51. The Kier molecular flexibility index (Phi) is 6.14. The Balaban J connectivity index is 1.81. The maximum atomic E-state index is 12.5. The van der Waals surface area contributed by atoms with Gasteiger partial charge >= 0.3 is 6.09 Å². The lowest BCUT2D eigenvalue weighted by Crippen LogP contribution is -2.43. The van der Waals surface area contributed by atoms with Crippen LogP contribution in [0.1, 0.15) is 56.9 Å². The van der Waals surface area contributed by atoms with Crippen molar-refractivity contribution in [1.29, 1.82) is 0 Å². The number of carbonyl (C=O) groups excluding carboxylic acids is 2. The molecule has 6 nitrogen and oxygen atoms in total. The van der Waals surface area contributed by atoms with Crippen LogP contribution in [-0.2, 0) is 11.2 Å². The molecule has 0 N–H and O–H groups in total. The van der Waals surface area contributed by atoms with Gasteiger partial charge in [-0.25, -0.2) is 4.79 Å². The third-order valence-electron chi connectivity index (χ3n) is 4.36. The molecule has 0 unspecified atom stereocenters. The van der Waals surface area contributed by atoms with Gasteiger partial charge in [0.2, 0.25) is 0 Å². The molecule has 1 aromatic heterocycles. The number of aryl methyl sites for hydroxylation is 1. The summed E-state index contributed by atoms with van der Waals surface area (Å²) in [6.45, 7) is 9.61. The van der Waals surface area contributed by atoms with Crippen LogP contribution in [0, 0.1) is 5.92 Å². The van der Waals surface area contributed by atoms with Crippen LogP contribution in [-0.4, -0.2) is 54.1 Å². The summed E-state index contributed by atoms with van der Waals surface area (Å²) in [6, 6.07) is 3.61. The first-order valence-corrected chi connectivity index (χ1v) is 9.01. The van der Waals surface area contributed by atoms with Gasteiger partial charge in [0, 0.05) is 33.1 Å². The molecule has 0 atom stereocenters. The molecule has 0 aliphatic carbocycles. The topological polar surface area (TPSA) is 63.0 Å². The predicted molar refractivity (Wildman–Crippen MR) is 95.6 cm³/mol. The van der Waals surface area contributed by atoms with Crippen LogP contribution in [0.25, 0.3) is 0 Å². The first-order valence-electron chi connectivity index (χ1n) is 9.01. The maximum absolute atomic E-state index is 12.5. The van der Waals surface area contributed by atoms with E-state index in [4.69, 9.17) is 9.15 Å². The number of hydrogen-bond donors (Lipinski definition) is 0. The van der Waals surface area contributed by atoms with Crippen molar-refractivity contribution in [2.24, 2.45) is 5.92 Å².